The maximum Gasteiger partial charge on any atom is 0.231 e. The maximum absolute atomic E-state index is 13.4. The van der Waals surface area contributed by atoms with E-state index >= 15 is 0 Å². The summed E-state index contributed by atoms with van der Waals surface area (Å²) in [4.78, 5) is 18.9. The highest BCUT2D eigenvalue weighted by atomic mass is 35.5. The third-order valence-electron chi connectivity index (χ3n) is 5.27. The highest BCUT2D eigenvalue weighted by molar-refractivity contribution is 6.30. The van der Waals surface area contributed by atoms with Crippen molar-refractivity contribution in [3.8, 4) is 17.1 Å². The molecule has 0 spiro atoms. The van der Waals surface area contributed by atoms with Crippen molar-refractivity contribution in [2.75, 3.05) is 19.7 Å². The molecule has 1 fully saturated rings. The van der Waals surface area contributed by atoms with Gasteiger partial charge < -0.3 is 14.2 Å². The Morgan fingerprint density at radius 2 is 2.10 bits per heavy atom. The highest BCUT2D eigenvalue weighted by Crippen LogP contribution is 2.28. The van der Waals surface area contributed by atoms with E-state index in [2.05, 4.69) is 10.1 Å². The van der Waals surface area contributed by atoms with Crippen LogP contribution >= 0.6 is 11.6 Å². The van der Waals surface area contributed by atoms with Gasteiger partial charge in [0.2, 0.25) is 17.6 Å². The molecule has 6 nitrogen and oxygen atoms in total. The number of hydrogen-bond donors (Lipinski definition) is 0. The van der Waals surface area contributed by atoms with Crippen LogP contribution in [0.3, 0.4) is 0 Å². The second-order valence-corrected chi connectivity index (χ2v) is 7.99. The lowest BCUT2D eigenvalue weighted by Gasteiger charge is -2.31. The number of rotatable bonds is 7. The van der Waals surface area contributed by atoms with Gasteiger partial charge in [-0.3, -0.25) is 4.79 Å². The second-order valence-electron chi connectivity index (χ2n) is 7.55. The number of nitrogens with zero attached hydrogens (tertiary/aromatic N) is 3. The molecular formula is C23H23ClFN3O3. The Hall–Kier alpha value is -2.93. The zero-order valence-electron chi connectivity index (χ0n) is 17.0. The molecule has 162 valence electrons. The minimum absolute atomic E-state index is 0.0159. The number of aromatic nitrogens is 2. The van der Waals surface area contributed by atoms with E-state index in [1.165, 1.54) is 12.1 Å². The van der Waals surface area contributed by atoms with Crippen LogP contribution in [0.4, 0.5) is 4.39 Å². The largest absolute Gasteiger partial charge is 0.494 e. The number of hydrogen-bond acceptors (Lipinski definition) is 5. The summed E-state index contributed by atoms with van der Waals surface area (Å²) in [5.74, 6) is 1.31. The first-order valence-electron chi connectivity index (χ1n) is 10.3. The van der Waals surface area contributed by atoms with Crippen LogP contribution in [0.25, 0.3) is 11.4 Å². The smallest absolute Gasteiger partial charge is 0.231 e. The zero-order valence-corrected chi connectivity index (χ0v) is 17.7. The molecule has 31 heavy (non-hydrogen) atoms. The quantitative estimate of drug-likeness (QED) is 0.475. The van der Waals surface area contributed by atoms with E-state index < -0.39 is 0 Å². The summed E-state index contributed by atoms with van der Waals surface area (Å²) in [5, 5.41) is 4.65. The molecule has 2 heterocycles. The molecule has 0 saturated carbocycles. The standard InChI is InChI=1S/C23H23ClFN3O3/c24-18-8-10-20(11-9-18)30-13-3-7-21(29)28-12-2-5-17(15-28)23-26-22(27-31-23)16-4-1-6-19(25)14-16/h1,4,6,8-11,14,17H,2-3,5,7,12-13,15H2. The minimum atomic E-state index is -0.349. The molecule has 2 aromatic carbocycles. The van der Waals surface area contributed by atoms with Crippen molar-refractivity contribution in [3.05, 3.63) is 65.3 Å². The number of likely N-dealkylation sites (tertiary alicyclic amines) is 1. The first-order chi connectivity index (χ1) is 15.1. The topological polar surface area (TPSA) is 68.5 Å². The van der Waals surface area contributed by atoms with Crippen molar-refractivity contribution in [2.45, 2.75) is 31.6 Å². The molecule has 1 amide bonds. The molecule has 0 aliphatic carbocycles. The molecule has 3 aromatic rings. The number of ether oxygens (including phenoxy) is 1. The Labute approximate surface area is 185 Å². The molecular weight excluding hydrogens is 421 g/mol. The first kappa shape index (κ1) is 21.3. The molecule has 1 saturated heterocycles. The number of piperidine rings is 1. The molecule has 1 aromatic heterocycles. The molecule has 0 radical (unpaired) electrons. The van der Waals surface area contributed by atoms with Crippen LogP contribution in [0.1, 0.15) is 37.5 Å². The molecule has 8 heteroatoms. The van der Waals surface area contributed by atoms with Crippen LogP contribution in [-0.4, -0.2) is 40.6 Å². The van der Waals surface area contributed by atoms with Gasteiger partial charge in [0.15, 0.2) is 0 Å². The molecule has 1 unspecified atom stereocenters. The Morgan fingerprint density at radius 1 is 1.26 bits per heavy atom. The summed E-state index contributed by atoms with van der Waals surface area (Å²) in [6.45, 7) is 1.73. The third kappa shape index (κ3) is 5.61. The van der Waals surface area contributed by atoms with E-state index in [4.69, 9.17) is 20.9 Å². The number of amides is 1. The molecule has 1 aliphatic heterocycles. The van der Waals surface area contributed by atoms with E-state index in [1.807, 2.05) is 17.0 Å². The van der Waals surface area contributed by atoms with E-state index in [1.54, 1.807) is 24.3 Å². The van der Waals surface area contributed by atoms with Crippen LogP contribution in [-0.2, 0) is 4.79 Å². The van der Waals surface area contributed by atoms with Gasteiger partial charge in [-0.15, -0.1) is 0 Å². The number of carbonyl (C=O) groups excluding carboxylic acids is 1. The zero-order chi connectivity index (χ0) is 21.6. The van der Waals surface area contributed by atoms with Gasteiger partial charge in [0.1, 0.15) is 11.6 Å². The Bertz CT molecular complexity index is 1020. The molecule has 1 aliphatic rings. The number of benzene rings is 2. The summed E-state index contributed by atoms with van der Waals surface area (Å²) in [5.41, 5.74) is 0.569. The minimum Gasteiger partial charge on any atom is -0.494 e. The van der Waals surface area contributed by atoms with Crippen molar-refractivity contribution < 1.29 is 18.4 Å². The lowest BCUT2D eigenvalue weighted by atomic mass is 9.97. The average molecular weight is 444 g/mol. The molecule has 0 N–H and O–H groups in total. The Morgan fingerprint density at radius 3 is 2.90 bits per heavy atom. The van der Waals surface area contributed by atoms with Crippen LogP contribution < -0.4 is 4.74 Å². The summed E-state index contributed by atoms with van der Waals surface area (Å²) < 4.78 is 24.5. The van der Waals surface area contributed by atoms with Gasteiger partial charge in [0.25, 0.3) is 0 Å². The molecule has 4 rings (SSSR count). The average Bonchev–Trinajstić information content (AvgIpc) is 3.28. The number of halogens is 2. The van der Waals surface area contributed by atoms with Crippen LogP contribution in [0.5, 0.6) is 5.75 Å². The third-order valence-corrected chi connectivity index (χ3v) is 5.52. The van der Waals surface area contributed by atoms with Gasteiger partial charge in [0, 0.05) is 30.1 Å². The number of carbonyl (C=O) groups is 1. The predicted octanol–water partition coefficient (Wildman–Crippen LogP) is 5.09. The normalized spacial score (nSPS) is 16.3. The van der Waals surface area contributed by atoms with Crippen LogP contribution in [0.15, 0.2) is 53.1 Å². The van der Waals surface area contributed by atoms with E-state index in [9.17, 15) is 9.18 Å². The van der Waals surface area contributed by atoms with Crippen molar-refractivity contribution >= 4 is 17.5 Å². The van der Waals surface area contributed by atoms with Crippen LogP contribution in [0.2, 0.25) is 5.02 Å². The second kappa shape index (κ2) is 9.92. The van der Waals surface area contributed by atoms with E-state index in [-0.39, 0.29) is 17.6 Å². The fourth-order valence-electron chi connectivity index (χ4n) is 3.65. The Balaban J connectivity index is 1.28. The monoisotopic (exact) mass is 443 g/mol. The SMILES string of the molecule is O=C(CCCOc1ccc(Cl)cc1)N1CCCC(c2nc(-c3cccc(F)c3)no2)C1. The van der Waals surface area contributed by atoms with Gasteiger partial charge in [-0.05, 0) is 55.7 Å². The maximum atomic E-state index is 13.4. The van der Waals surface area contributed by atoms with E-state index in [0.717, 1.165) is 25.1 Å². The fraction of sp³-hybridized carbons (Fsp3) is 0.348. The van der Waals surface area contributed by atoms with E-state index in [0.29, 0.717) is 48.3 Å². The summed E-state index contributed by atoms with van der Waals surface area (Å²) in [6.07, 6.45) is 2.79. The molecule has 1 atom stereocenters. The van der Waals surface area contributed by atoms with Gasteiger partial charge in [-0.25, -0.2) is 4.39 Å². The Kier molecular flexibility index (Phi) is 6.82. The van der Waals surface area contributed by atoms with Gasteiger partial charge in [-0.2, -0.15) is 4.98 Å². The summed E-state index contributed by atoms with van der Waals surface area (Å²) in [6, 6.07) is 13.2. The predicted molar refractivity (Wildman–Crippen MR) is 114 cm³/mol. The summed E-state index contributed by atoms with van der Waals surface area (Å²) in [7, 11) is 0. The highest BCUT2D eigenvalue weighted by Gasteiger charge is 2.28. The summed E-state index contributed by atoms with van der Waals surface area (Å²) >= 11 is 5.86. The van der Waals surface area contributed by atoms with Crippen molar-refractivity contribution in [2.24, 2.45) is 0 Å². The van der Waals surface area contributed by atoms with Crippen LogP contribution in [0, 0.1) is 5.82 Å². The van der Waals surface area contributed by atoms with Crippen molar-refractivity contribution in [1.29, 1.82) is 0 Å². The van der Waals surface area contributed by atoms with Gasteiger partial charge >= 0.3 is 0 Å². The molecule has 0 bridgehead atoms. The van der Waals surface area contributed by atoms with Gasteiger partial charge in [-0.1, -0.05) is 28.9 Å². The van der Waals surface area contributed by atoms with Gasteiger partial charge in [0.05, 0.1) is 12.5 Å². The first-order valence-corrected chi connectivity index (χ1v) is 10.7. The fourth-order valence-corrected chi connectivity index (χ4v) is 3.78. The lowest BCUT2D eigenvalue weighted by Crippen LogP contribution is -2.39. The van der Waals surface area contributed by atoms with Crippen molar-refractivity contribution in [3.63, 3.8) is 0 Å². The lowest BCUT2D eigenvalue weighted by molar-refractivity contribution is -0.132. The van der Waals surface area contributed by atoms with Crippen molar-refractivity contribution in [1.82, 2.24) is 15.0 Å².